The van der Waals surface area contributed by atoms with E-state index in [1.165, 1.54) is 19.3 Å². The van der Waals surface area contributed by atoms with Gasteiger partial charge in [0.1, 0.15) is 5.70 Å². The molecule has 0 radical (unpaired) electrons. The Morgan fingerprint density at radius 2 is 1.98 bits per heavy atom. The van der Waals surface area contributed by atoms with Crippen molar-refractivity contribution in [2.45, 2.75) is 98.6 Å². The largest absolute Gasteiger partial charge is 0.393 e. The molecule has 2 aliphatic rings. The fraction of sp³-hybridized carbons (Fsp3) is 0.515. The normalized spacial score (nSPS) is 19.1. The van der Waals surface area contributed by atoms with E-state index in [1.807, 2.05) is 13.0 Å². The molecule has 234 valence electrons. The first kappa shape index (κ1) is 33.6. The highest BCUT2D eigenvalue weighted by Gasteiger charge is 2.23. The second-order valence-corrected chi connectivity index (χ2v) is 11.6. The van der Waals surface area contributed by atoms with Gasteiger partial charge in [-0.1, -0.05) is 39.2 Å². The lowest BCUT2D eigenvalue weighted by Gasteiger charge is -2.23. The number of nitrogens with two attached hydrogens (primary N) is 1. The van der Waals surface area contributed by atoms with E-state index < -0.39 is 5.91 Å². The number of unbranched alkanes of at least 4 members (excludes halogenated alkanes) is 2. The minimum Gasteiger partial charge on any atom is -0.393 e. The quantitative estimate of drug-likeness (QED) is 0.0988. The van der Waals surface area contributed by atoms with Crippen molar-refractivity contribution >= 4 is 28.9 Å². The number of nitrogens with zero attached hydrogens (tertiary/aromatic N) is 2. The molecule has 2 amide bonds. The maximum absolute atomic E-state index is 13.1. The maximum Gasteiger partial charge on any atom is 0.273 e. The van der Waals surface area contributed by atoms with Crippen LogP contribution in [0.3, 0.4) is 0 Å². The third kappa shape index (κ3) is 9.54. The van der Waals surface area contributed by atoms with Crippen molar-refractivity contribution in [3.63, 3.8) is 0 Å². The van der Waals surface area contributed by atoms with Gasteiger partial charge in [0.25, 0.3) is 5.91 Å². The smallest absolute Gasteiger partial charge is 0.273 e. The number of nitrogens with one attached hydrogen (secondary N) is 5. The van der Waals surface area contributed by atoms with E-state index in [1.54, 1.807) is 38.4 Å². The number of carbonyl (C=O) groups excluding carboxylic acids is 2. The van der Waals surface area contributed by atoms with E-state index in [0.29, 0.717) is 47.1 Å². The van der Waals surface area contributed by atoms with Gasteiger partial charge in [-0.15, -0.1) is 0 Å². The lowest BCUT2D eigenvalue weighted by molar-refractivity contribution is -0.117. The zero-order valence-electron chi connectivity index (χ0n) is 26.7. The SMILES string of the molecule is CCCCCC(CC)N/C(C)=C(\C(C)=N)C1=CN/C(=C(\N)C(=O)Nc2cc(NC(=O)CN3CCCC3C)cnc2C)C=C1. The van der Waals surface area contributed by atoms with Gasteiger partial charge in [0.15, 0.2) is 0 Å². The molecule has 2 aliphatic heterocycles. The molecule has 10 nitrogen and oxygen atoms in total. The zero-order valence-corrected chi connectivity index (χ0v) is 26.7. The molecule has 7 N–H and O–H groups in total. The Bertz CT molecular complexity index is 1310. The van der Waals surface area contributed by atoms with Gasteiger partial charge >= 0.3 is 0 Å². The predicted octanol–water partition coefficient (Wildman–Crippen LogP) is 5.23. The van der Waals surface area contributed by atoms with Gasteiger partial charge in [0.05, 0.1) is 35.5 Å². The Balaban J connectivity index is 1.67. The number of rotatable bonds is 14. The van der Waals surface area contributed by atoms with E-state index in [-0.39, 0.29) is 11.6 Å². The van der Waals surface area contributed by atoms with Crippen LogP contribution in [0.4, 0.5) is 11.4 Å². The summed E-state index contributed by atoms with van der Waals surface area (Å²) in [5, 5.41) is 20.9. The summed E-state index contributed by atoms with van der Waals surface area (Å²) in [6, 6.07) is 2.44. The molecule has 43 heavy (non-hydrogen) atoms. The first-order chi connectivity index (χ1) is 20.5. The number of hydrogen-bond acceptors (Lipinski definition) is 8. The minimum atomic E-state index is -0.488. The van der Waals surface area contributed by atoms with Crippen LogP contribution in [0.1, 0.15) is 85.3 Å². The number of allylic oxidation sites excluding steroid dienone is 5. The minimum absolute atomic E-state index is 0.0114. The molecule has 3 heterocycles. The fourth-order valence-electron chi connectivity index (χ4n) is 5.51. The number of hydrogen-bond donors (Lipinski definition) is 6. The predicted molar refractivity (Wildman–Crippen MR) is 176 cm³/mol. The summed E-state index contributed by atoms with van der Waals surface area (Å²) in [5.41, 5.74) is 11.4. The van der Waals surface area contributed by atoms with Crippen LogP contribution in [0.2, 0.25) is 0 Å². The van der Waals surface area contributed by atoms with Gasteiger partial charge in [-0.05, 0) is 72.1 Å². The van der Waals surface area contributed by atoms with Crippen LogP contribution in [-0.4, -0.2) is 52.6 Å². The molecule has 3 rings (SSSR count). The van der Waals surface area contributed by atoms with Crippen LogP contribution in [0.25, 0.3) is 0 Å². The summed E-state index contributed by atoms with van der Waals surface area (Å²) in [4.78, 5) is 32.2. The summed E-state index contributed by atoms with van der Waals surface area (Å²) in [7, 11) is 0. The number of dihydropyridines is 1. The van der Waals surface area contributed by atoms with Crippen LogP contribution in [0, 0.1) is 12.3 Å². The van der Waals surface area contributed by atoms with Crippen LogP contribution in [-0.2, 0) is 9.59 Å². The summed E-state index contributed by atoms with van der Waals surface area (Å²) in [6.07, 6.45) is 14.9. The van der Waals surface area contributed by atoms with Crippen molar-refractivity contribution in [2.24, 2.45) is 5.73 Å². The Hall–Kier alpha value is -3.92. The number of amides is 2. The number of aromatic nitrogens is 1. The van der Waals surface area contributed by atoms with Crippen molar-refractivity contribution < 1.29 is 9.59 Å². The molecule has 1 saturated heterocycles. The Labute approximate surface area is 256 Å². The number of aryl methyl sites for hydroxylation is 1. The molecule has 2 atom stereocenters. The molecular formula is C33H50N8O2. The van der Waals surface area contributed by atoms with Crippen LogP contribution >= 0.6 is 0 Å². The average molecular weight is 591 g/mol. The summed E-state index contributed by atoms with van der Waals surface area (Å²) in [5.74, 6) is -0.601. The lowest BCUT2D eigenvalue weighted by atomic mass is 9.97. The highest BCUT2D eigenvalue weighted by Crippen LogP contribution is 2.23. The second kappa shape index (κ2) is 16.1. The zero-order chi connectivity index (χ0) is 31.5. The van der Waals surface area contributed by atoms with E-state index in [4.69, 9.17) is 11.1 Å². The third-order valence-electron chi connectivity index (χ3n) is 8.11. The highest BCUT2D eigenvalue weighted by molar-refractivity contribution is 6.05. The lowest BCUT2D eigenvalue weighted by Crippen LogP contribution is -2.35. The Morgan fingerprint density at radius 1 is 1.21 bits per heavy atom. The van der Waals surface area contributed by atoms with Gasteiger partial charge in [-0.3, -0.25) is 19.5 Å². The molecule has 1 aromatic heterocycles. The van der Waals surface area contributed by atoms with Crippen LogP contribution in [0.5, 0.6) is 0 Å². The van der Waals surface area contributed by atoms with E-state index in [9.17, 15) is 9.59 Å². The van der Waals surface area contributed by atoms with E-state index >= 15 is 0 Å². The molecule has 2 unspecified atom stereocenters. The third-order valence-corrected chi connectivity index (χ3v) is 8.11. The molecule has 0 aliphatic carbocycles. The molecular weight excluding hydrogens is 540 g/mol. The second-order valence-electron chi connectivity index (χ2n) is 11.6. The molecule has 1 aromatic rings. The molecule has 0 bridgehead atoms. The van der Waals surface area contributed by atoms with Gasteiger partial charge in [0, 0.05) is 40.8 Å². The maximum atomic E-state index is 13.1. The Kier molecular flexibility index (Phi) is 12.5. The Morgan fingerprint density at radius 3 is 2.58 bits per heavy atom. The van der Waals surface area contributed by atoms with Crippen molar-refractivity contribution in [1.82, 2.24) is 20.5 Å². The highest BCUT2D eigenvalue weighted by atomic mass is 16.2. The van der Waals surface area contributed by atoms with E-state index in [2.05, 4.69) is 51.9 Å². The molecule has 0 spiro atoms. The van der Waals surface area contributed by atoms with Gasteiger partial charge < -0.3 is 32.4 Å². The van der Waals surface area contributed by atoms with Crippen molar-refractivity contribution in [3.8, 4) is 0 Å². The van der Waals surface area contributed by atoms with Gasteiger partial charge in [0.2, 0.25) is 5.91 Å². The van der Waals surface area contributed by atoms with Crippen LogP contribution < -0.4 is 27.0 Å². The van der Waals surface area contributed by atoms with Gasteiger partial charge in [-0.2, -0.15) is 0 Å². The first-order valence-electron chi connectivity index (χ1n) is 15.5. The standard InChI is InChI=1S/C33H50N8O2/c1-7-9-10-13-26(8-2)38-24(6)31(22(4)34)25-14-15-28(37-18-25)32(35)33(43)40-29-17-27(19-36-23(29)5)39-30(42)20-41-16-11-12-21(41)3/h14-15,17-19,21,26,34,37-38H,7-13,16,20,35H2,1-6H3,(H,39,42)(H,40,43)/b31-24+,32-28-,34-22?. The number of anilines is 2. The number of likely N-dealkylation sites (tertiary alicyclic amines) is 1. The monoisotopic (exact) mass is 590 g/mol. The van der Waals surface area contributed by atoms with Crippen LogP contribution in [0.15, 0.2) is 58.9 Å². The van der Waals surface area contributed by atoms with Gasteiger partial charge in [-0.25, -0.2) is 0 Å². The van der Waals surface area contributed by atoms with E-state index in [0.717, 1.165) is 49.1 Å². The topological polar surface area (TPSA) is 148 Å². The molecule has 1 fully saturated rings. The average Bonchev–Trinajstić information content (AvgIpc) is 3.37. The number of carbonyl (C=O) groups is 2. The van der Waals surface area contributed by atoms with Crippen molar-refractivity contribution in [2.75, 3.05) is 23.7 Å². The number of pyridine rings is 1. The summed E-state index contributed by atoms with van der Waals surface area (Å²) < 4.78 is 0. The first-order valence-corrected chi connectivity index (χ1v) is 15.5. The fourth-order valence-corrected chi connectivity index (χ4v) is 5.51. The molecule has 0 aromatic carbocycles. The summed E-state index contributed by atoms with van der Waals surface area (Å²) in [6.45, 7) is 13.3. The van der Waals surface area contributed by atoms with Crippen molar-refractivity contribution in [3.05, 3.63) is 64.5 Å². The molecule has 0 saturated carbocycles. The molecule has 10 heteroatoms. The van der Waals surface area contributed by atoms with Crippen molar-refractivity contribution in [1.29, 1.82) is 5.41 Å². The summed E-state index contributed by atoms with van der Waals surface area (Å²) >= 11 is 0.